The Hall–Kier alpha value is -2.63. The molecule has 0 fully saturated rings. The van der Waals surface area contributed by atoms with Crippen molar-refractivity contribution < 1.29 is 14.3 Å². The average molecular weight is 315 g/mol. The predicted octanol–water partition coefficient (Wildman–Crippen LogP) is 2.66. The van der Waals surface area contributed by atoms with Gasteiger partial charge in [-0.1, -0.05) is 30.3 Å². The van der Waals surface area contributed by atoms with Gasteiger partial charge in [0.05, 0.1) is 0 Å². The topological polar surface area (TPSA) is 73.2 Å². The molecule has 1 atom stereocenters. The SMILES string of the molecule is CC(C)(C)OC(=O)NC(Cc1ccccc1)C(=O)n1ccnc1. The number of rotatable bonds is 4. The highest BCUT2D eigenvalue weighted by Crippen LogP contribution is 2.09. The van der Waals surface area contributed by atoms with E-state index in [0.29, 0.717) is 6.42 Å². The molecule has 2 rings (SSSR count). The molecule has 0 aliphatic rings. The molecule has 6 heteroatoms. The Morgan fingerprint density at radius 2 is 1.96 bits per heavy atom. The van der Waals surface area contributed by atoms with E-state index in [2.05, 4.69) is 10.3 Å². The van der Waals surface area contributed by atoms with Crippen molar-refractivity contribution in [3.8, 4) is 0 Å². The van der Waals surface area contributed by atoms with Gasteiger partial charge in [0.15, 0.2) is 0 Å². The summed E-state index contributed by atoms with van der Waals surface area (Å²) in [6.45, 7) is 5.32. The summed E-state index contributed by atoms with van der Waals surface area (Å²) in [7, 11) is 0. The van der Waals surface area contributed by atoms with Gasteiger partial charge in [-0.15, -0.1) is 0 Å². The van der Waals surface area contributed by atoms with E-state index >= 15 is 0 Å². The van der Waals surface area contributed by atoms with E-state index in [-0.39, 0.29) is 5.91 Å². The summed E-state index contributed by atoms with van der Waals surface area (Å²) >= 11 is 0. The molecule has 1 unspecified atom stereocenters. The van der Waals surface area contributed by atoms with E-state index in [9.17, 15) is 9.59 Å². The van der Waals surface area contributed by atoms with Crippen LogP contribution in [-0.2, 0) is 11.2 Å². The molecule has 0 aliphatic heterocycles. The number of carbonyl (C=O) groups is 2. The number of hydrogen-bond donors (Lipinski definition) is 1. The molecule has 23 heavy (non-hydrogen) atoms. The van der Waals surface area contributed by atoms with Crippen LogP contribution in [0.5, 0.6) is 0 Å². The summed E-state index contributed by atoms with van der Waals surface area (Å²) in [6.07, 6.45) is 4.24. The quantitative estimate of drug-likeness (QED) is 0.941. The highest BCUT2D eigenvalue weighted by molar-refractivity contribution is 5.87. The Morgan fingerprint density at radius 3 is 2.52 bits per heavy atom. The zero-order valence-electron chi connectivity index (χ0n) is 13.5. The van der Waals surface area contributed by atoms with Gasteiger partial charge in [-0.2, -0.15) is 0 Å². The smallest absolute Gasteiger partial charge is 0.408 e. The Balaban J connectivity index is 2.14. The first-order valence-electron chi connectivity index (χ1n) is 7.41. The van der Waals surface area contributed by atoms with Crippen LogP contribution >= 0.6 is 0 Å². The number of hydrogen-bond acceptors (Lipinski definition) is 4. The summed E-state index contributed by atoms with van der Waals surface area (Å²) in [5, 5.41) is 2.65. The molecule has 2 aromatic rings. The lowest BCUT2D eigenvalue weighted by Crippen LogP contribution is -2.46. The van der Waals surface area contributed by atoms with Gasteiger partial charge in [-0.25, -0.2) is 9.78 Å². The van der Waals surface area contributed by atoms with Crippen LogP contribution in [0.25, 0.3) is 0 Å². The van der Waals surface area contributed by atoms with Crippen LogP contribution < -0.4 is 5.32 Å². The van der Waals surface area contributed by atoms with Crippen molar-refractivity contribution in [2.24, 2.45) is 0 Å². The number of amides is 1. The monoisotopic (exact) mass is 315 g/mol. The zero-order chi connectivity index (χ0) is 16.9. The largest absolute Gasteiger partial charge is 0.444 e. The van der Waals surface area contributed by atoms with Crippen molar-refractivity contribution in [1.82, 2.24) is 14.9 Å². The molecule has 1 amide bonds. The Morgan fingerprint density at radius 1 is 1.26 bits per heavy atom. The highest BCUT2D eigenvalue weighted by Gasteiger charge is 2.25. The summed E-state index contributed by atoms with van der Waals surface area (Å²) in [5.41, 5.74) is 0.321. The van der Waals surface area contributed by atoms with Crippen LogP contribution in [0.4, 0.5) is 4.79 Å². The van der Waals surface area contributed by atoms with Crippen LogP contribution in [0.15, 0.2) is 49.1 Å². The highest BCUT2D eigenvalue weighted by atomic mass is 16.6. The van der Waals surface area contributed by atoms with Crippen LogP contribution in [0.1, 0.15) is 31.1 Å². The Kier molecular flexibility index (Phi) is 5.16. The second kappa shape index (κ2) is 7.09. The maximum atomic E-state index is 12.6. The van der Waals surface area contributed by atoms with Crippen LogP contribution in [0.2, 0.25) is 0 Å². The van der Waals surface area contributed by atoms with E-state index in [1.165, 1.54) is 17.1 Å². The van der Waals surface area contributed by atoms with E-state index in [1.54, 1.807) is 27.0 Å². The molecule has 1 heterocycles. The minimum Gasteiger partial charge on any atom is -0.444 e. The number of benzene rings is 1. The Labute approximate surface area is 135 Å². The lowest BCUT2D eigenvalue weighted by molar-refractivity contribution is 0.0482. The maximum Gasteiger partial charge on any atom is 0.408 e. The van der Waals surface area contributed by atoms with Crippen LogP contribution in [0.3, 0.4) is 0 Å². The minimum absolute atomic E-state index is 0.266. The summed E-state index contributed by atoms with van der Waals surface area (Å²) in [6, 6.07) is 8.76. The fraction of sp³-hybridized carbons (Fsp3) is 0.353. The average Bonchev–Trinajstić information content (AvgIpc) is 2.99. The molecule has 0 bridgehead atoms. The molecule has 0 saturated heterocycles. The van der Waals surface area contributed by atoms with Crippen molar-refractivity contribution in [1.29, 1.82) is 0 Å². The van der Waals surface area contributed by atoms with Gasteiger partial charge < -0.3 is 10.1 Å². The number of nitrogens with one attached hydrogen (secondary N) is 1. The van der Waals surface area contributed by atoms with Crippen molar-refractivity contribution in [2.75, 3.05) is 0 Å². The molecule has 1 N–H and O–H groups in total. The van der Waals surface area contributed by atoms with E-state index in [1.807, 2.05) is 30.3 Å². The number of imidazole rings is 1. The van der Waals surface area contributed by atoms with E-state index < -0.39 is 17.7 Å². The normalized spacial score (nSPS) is 12.5. The molecule has 1 aromatic heterocycles. The number of alkyl carbamates (subject to hydrolysis) is 1. The summed E-state index contributed by atoms with van der Waals surface area (Å²) in [5.74, 6) is -0.266. The van der Waals surface area contributed by atoms with Crippen molar-refractivity contribution in [3.05, 3.63) is 54.6 Å². The van der Waals surface area contributed by atoms with E-state index in [0.717, 1.165) is 5.56 Å². The first-order chi connectivity index (χ1) is 10.8. The fourth-order valence-electron chi connectivity index (χ4n) is 2.07. The number of carbonyl (C=O) groups excluding carboxylic acids is 2. The molecular formula is C17H21N3O3. The first-order valence-corrected chi connectivity index (χ1v) is 7.41. The fourth-order valence-corrected chi connectivity index (χ4v) is 2.07. The van der Waals surface area contributed by atoms with Crippen molar-refractivity contribution in [2.45, 2.75) is 38.8 Å². The van der Waals surface area contributed by atoms with Crippen LogP contribution in [-0.4, -0.2) is 33.2 Å². The lowest BCUT2D eigenvalue weighted by Gasteiger charge is -2.23. The molecule has 1 aromatic carbocycles. The molecule has 0 aliphatic carbocycles. The summed E-state index contributed by atoms with van der Waals surface area (Å²) < 4.78 is 6.60. The summed E-state index contributed by atoms with van der Waals surface area (Å²) in [4.78, 5) is 28.5. The van der Waals surface area contributed by atoms with E-state index in [4.69, 9.17) is 4.74 Å². The van der Waals surface area contributed by atoms with Crippen LogP contribution in [0, 0.1) is 0 Å². The third kappa shape index (κ3) is 5.25. The molecule has 0 saturated carbocycles. The second-order valence-electron chi connectivity index (χ2n) is 6.20. The number of aromatic nitrogens is 2. The number of ether oxygens (including phenoxy) is 1. The van der Waals surface area contributed by atoms with Gasteiger partial charge in [-0.05, 0) is 26.3 Å². The van der Waals surface area contributed by atoms with Gasteiger partial charge >= 0.3 is 6.09 Å². The van der Waals surface area contributed by atoms with Crippen molar-refractivity contribution >= 4 is 12.0 Å². The van der Waals surface area contributed by atoms with Gasteiger partial charge in [-0.3, -0.25) is 9.36 Å². The lowest BCUT2D eigenvalue weighted by atomic mass is 10.1. The molecular weight excluding hydrogens is 294 g/mol. The third-order valence-electron chi connectivity index (χ3n) is 3.03. The van der Waals surface area contributed by atoms with Gasteiger partial charge in [0.25, 0.3) is 5.91 Å². The van der Waals surface area contributed by atoms with Crippen molar-refractivity contribution in [3.63, 3.8) is 0 Å². The molecule has 0 spiro atoms. The minimum atomic E-state index is -0.735. The molecule has 0 radical (unpaired) electrons. The molecule has 6 nitrogen and oxygen atoms in total. The third-order valence-corrected chi connectivity index (χ3v) is 3.03. The van der Waals surface area contributed by atoms with Gasteiger partial charge in [0.2, 0.25) is 0 Å². The predicted molar refractivity (Wildman–Crippen MR) is 86.2 cm³/mol. The second-order valence-corrected chi connectivity index (χ2v) is 6.20. The standard InChI is InChI=1S/C17H21N3O3/c1-17(2,3)23-16(22)19-14(11-13-7-5-4-6-8-13)15(21)20-10-9-18-12-20/h4-10,12,14H,11H2,1-3H3,(H,19,22). The Bertz CT molecular complexity index is 645. The molecule has 122 valence electrons. The van der Waals surface area contributed by atoms with Gasteiger partial charge in [0, 0.05) is 18.8 Å². The number of nitrogens with zero attached hydrogens (tertiary/aromatic N) is 2. The zero-order valence-corrected chi connectivity index (χ0v) is 13.5. The maximum absolute atomic E-state index is 12.6. The van der Waals surface area contributed by atoms with Gasteiger partial charge in [0.1, 0.15) is 18.0 Å². The first kappa shape index (κ1) is 16.7.